The van der Waals surface area contributed by atoms with Gasteiger partial charge in [0, 0.05) is 18.1 Å². The smallest absolute Gasteiger partial charge is 0.333 e. The quantitative estimate of drug-likeness (QED) is 0.552. The van der Waals surface area contributed by atoms with Crippen LogP contribution in [0.3, 0.4) is 0 Å². The summed E-state index contributed by atoms with van der Waals surface area (Å²) in [5.41, 5.74) is -0.625. The Bertz CT molecular complexity index is 1360. The van der Waals surface area contributed by atoms with Crippen molar-refractivity contribution < 1.29 is 18.3 Å². The maximum absolute atomic E-state index is 14.4. The number of aromatic nitrogens is 2. The minimum Gasteiger partial charge on any atom is -0.467 e. The number of furan rings is 1. The maximum atomic E-state index is 14.4. The fourth-order valence-corrected chi connectivity index (χ4v) is 4.31. The first kappa shape index (κ1) is 22.3. The van der Waals surface area contributed by atoms with Crippen LogP contribution in [0.4, 0.5) is 4.39 Å². The van der Waals surface area contributed by atoms with Gasteiger partial charge in [-0.05, 0) is 42.7 Å². The highest BCUT2D eigenvalue weighted by molar-refractivity contribution is 6.30. The molecule has 0 radical (unpaired) electrons. The molecular formula is C23H20ClFN4O5. The minimum absolute atomic E-state index is 0.346. The summed E-state index contributed by atoms with van der Waals surface area (Å²) in [6.07, 6.45) is 3.19. The van der Waals surface area contributed by atoms with E-state index in [1.807, 2.05) is 0 Å². The molecule has 2 aromatic heterocycles. The molecule has 3 aromatic rings. The molecule has 5 rings (SSSR count). The summed E-state index contributed by atoms with van der Waals surface area (Å²) in [5, 5.41) is 6.20. The van der Waals surface area contributed by atoms with E-state index >= 15 is 0 Å². The van der Waals surface area contributed by atoms with Crippen LogP contribution in [-0.2, 0) is 16.1 Å². The molecule has 2 aliphatic heterocycles. The zero-order chi connectivity index (χ0) is 23.8. The van der Waals surface area contributed by atoms with Gasteiger partial charge in [0.25, 0.3) is 11.5 Å². The molecule has 0 spiro atoms. The van der Waals surface area contributed by atoms with E-state index in [-0.39, 0.29) is 0 Å². The number of hydrogen-bond acceptors (Lipinski definition) is 6. The topological polar surface area (TPSA) is 99.0 Å². The number of hydrogen-bond donors (Lipinski definition) is 0. The van der Waals surface area contributed by atoms with E-state index in [0.29, 0.717) is 46.9 Å². The Morgan fingerprint density at radius 1 is 1.21 bits per heavy atom. The van der Waals surface area contributed by atoms with E-state index in [1.54, 1.807) is 36.4 Å². The number of carbonyl (C=O) groups is 1. The SMILES string of the molecule is O=C(Cn1c(=O)c(F)cn([C@H]2CCCO2)c1=O)N1N=C(c2ccc(Cl)cc2)C[C@H]1c1ccco1. The minimum atomic E-state index is -1.18. The highest BCUT2D eigenvalue weighted by Gasteiger charge is 2.35. The van der Waals surface area contributed by atoms with Crippen LogP contribution in [0.1, 0.15) is 42.9 Å². The Balaban J connectivity index is 1.49. The Morgan fingerprint density at radius 2 is 2.00 bits per heavy atom. The number of rotatable bonds is 5. The van der Waals surface area contributed by atoms with Crippen LogP contribution in [-0.4, -0.2) is 32.4 Å². The van der Waals surface area contributed by atoms with Crippen molar-refractivity contribution in [3.8, 4) is 0 Å². The van der Waals surface area contributed by atoms with Crippen molar-refractivity contribution >= 4 is 23.2 Å². The first-order valence-corrected chi connectivity index (χ1v) is 11.1. The van der Waals surface area contributed by atoms with Gasteiger partial charge in [-0.15, -0.1) is 0 Å². The lowest BCUT2D eigenvalue weighted by Gasteiger charge is -2.21. The van der Waals surface area contributed by atoms with E-state index in [9.17, 15) is 18.8 Å². The van der Waals surface area contributed by atoms with Crippen LogP contribution in [0.5, 0.6) is 0 Å². The van der Waals surface area contributed by atoms with E-state index in [0.717, 1.165) is 16.3 Å². The average Bonchev–Trinajstić information content (AvgIpc) is 3.60. The summed E-state index contributed by atoms with van der Waals surface area (Å²) in [6.45, 7) is -0.256. The number of carbonyl (C=O) groups excluding carboxylic acids is 1. The van der Waals surface area contributed by atoms with Crippen LogP contribution < -0.4 is 11.2 Å². The molecule has 0 N–H and O–H groups in total. The summed E-state index contributed by atoms with van der Waals surface area (Å²) in [5.74, 6) is -1.31. The van der Waals surface area contributed by atoms with Crippen molar-refractivity contribution in [3.05, 3.63) is 91.9 Å². The van der Waals surface area contributed by atoms with Crippen molar-refractivity contribution in [2.45, 2.75) is 38.1 Å². The van der Waals surface area contributed by atoms with Gasteiger partial charge in [-0.25, -0.2) is 14.4 Å². The zero-order valence-corrected chi connectivity index (χ0v) is 18.7. The predicted molar refractivity (Wildman–Crippen MR) is 120 cm³/mol. The second-order valence-electron chi connectivity index (χ2n) is 8.05. The van der Waals surface area contributed by atoms with Crippen LogP contribution in [0.15, 0.2) is 68.0 Å². The highest BCUT2D eigenvalue weighted by Crippen LogP contribution is 2.33. The summed E-state index contributed by atoms with van der Waals surface area (Å²) in [6, 6.07) is 9.81. The molecular weight excluding hydrogens is 467 g/mol. The molecule has 1 aromatic carbocycles. The van der Waals surface area contributed by atoms with Gasteiger partial charge in [-0.1, -0.05) is 23.7 Å². The fourth-order valence-electron chi connectivity index (χ4n) is 4.18. The molecule has 11 heteroatoms. The average molecular weight is 487 g/mol. The van der Waals surface area contributed by atoms with Gasteiger partial charge in [0.1, 0.15) is 24.6 Å². The van der Waals surface area contributed by atoms with Crippen LogP contribution in [0, 0.1) is 5.82 Å². The van der Waals surface area contributed by atoms with E-state index in [4.69, 9.17) is 20.8 Å². The van der Waals surface area contributed by atoms with Crippen LogP contribution in [0.2, 0.25) is 5.02 Å². The van der Waals surface area contributed by atoms with E-state index in [1.165, 1.54) is 11.3 Å². The van der Waals surface area contributed by atoms with Gasteiger partial charge in [0.15, 0.2) is 0 Å². The van der Waals surface area contributed by atoms with Gasteiger partial charge >= 0.3 is 5.69 Å². The molecule has 2 atom stereocenters. The Morgan fingerprint density at radius 3 is 2.68 bits per heavy atom. The number of benzene rings is 1. The van der Waals surface area contributed by atoms with Crippen molar-refractivity contribution in [2.24, 2.45) is 5.10 Å². The first-order valence-electron chi connectivity index (χ1n) is 10.7. The van der Waals surface area contributed by atoms with Crippen LogP contribution in [0.25, 0.3) is 0 Å². The Kier molecular flexibility index (Phi) is 5.93. The van der Waals surface area contributed by atoms with Crippen molar-refractivity contribution in [2.75, 3.05) is 6.61 Å². The summed E-state index contributed by atoms with van der Waals surface area (Å²) < 4.78 is 26.9. The molecule has 2 aliphatic rings. The second kappa shape index (κ2) is 9.03. The van der Waals surface area contributed by atoms with Gasteiger partial charge < -0.3 is 9.15 Å². The predicted octanol–water partition coefficient (Wildman–Crippen LogP) is 3.08. The second-order valence-corrected chi connectivity index (χ2v) is 8.49. The van der Waals surface area contributed by atoms with Gasteiger partial charge in [0.05, 0.1) is 18.2 Å². The molecule has 4 heterocycles. The molecule has 0 bridgehead atoms. The van der Waals surface area contributed by atoms with Crippen molar-refractivity contribution in [1.82, 2.24) is 14.1 Å². The molecule has 1 amide bonds. The van der Waals surface area contributed by atoms with E-state index < -0.39 is 41.8 Å². The fraction of sp³-hybridized carbons (Fsp3) is 0.304. The molecule has 1 fully saturated rings. The zero-order valence-electron chi connectivity index (χ0n) is 17.9. The highest BCUT2D eigenvalue weighted by atomic mass is 35.5. The summed E-state index contributed by atoms with van der Waals surface area (Å²) in [4.78, 5) is 38.7. The Hall–Kier alpha value is -3.50. The van der Waals surface area contributed by atoms with Crippen LogP contribution >= 0.6 is 11.6 Å². The lowest BCUT2D eigenvalue weighted by atomic mass is 10.0. The van der Waals surface area contributed by atoms with Gasteiger partial charge in [-0.2, -0.15) is 9.49 Å². The third kappa shape index (κ3) is 4.10. The molecule has 34 heavy (non-hydrogen) atoms. The summed E-state index contributed by atoms with van der Waals surface area (Å²) >= 11 is 5.98. The standard InChI is InChI=1S/C23H20ClFN4O5/c24-15-7-5-14(6-8-15)17-11-18(19-3-1-9-33-19)29(26-17)20(30)13-28-22(31)16(25)12-27(23(28)32)21-4-2-10-34-21/h1,3,5-9,12,18,21H,2,4,10-11,13H2/t18-,21+/m0/s1. The number of hydrazone groups is 1. The molecule has 176 valence electrons. The number of ether oxygens (including phenoxy) is 1. The molecule has 1 saturated heterocycles. The molecule has 0 saturated carbocycles. The number of amides is 1. The van der Waals surface area contributed by atoms with Crippen molar-refractivity contribution in [3.63, 3.8) is 0 Å². The van der Waals surface area contributed by atoms with Gasteiger partial charge in [0.2, 0.25) is 5.82 Å². The number of nitrogens with zero attached hydrogens (tertiary/aromatic N) is 4. The molecule has 9 nitrogen and oxygen atoms in total. The third-order valence-corrected chi connectivity index (χ3v) is 6.13. The Labute approximate surface area is 197 Å². The number of halogens is 2. The van der Waals surface area contributed by atoms with Crippen molar-refractivity contribution in [1.29, 1.82) is 0 Å². The first-order chi connectivity index (χ1) is 16.4. The third-order valence-electron chi connectivity index (χ3n) is 5.88. The lowest BCUT2D eigenvalue weighted by molar-refractivity contribution is -0.134. The summed E-state index contributed by atoms with van der Waals surface area (Å²) in [7, 11) is 0. The maximum Gasteiger partial charge on any atom is 0.333 e. The largest absolute Gasteiger partial charge is 0.467 e. The van der Waals surface area contributed by atoms with Gasteiger partial charge in [-0.3, -0.25) is 14.2 Å². The monoisotopic (exact) mass is 486 g/mol. The molecule has 0 aliphatic carbocycles. The van der Waals surface area contributed by atoms with E-state index in [2.05, 4.69) is 5.10 Å². The lowest BCUT2D eigenvalue weighted by Crippen LogP contribution is -2.45. The molecule has 0 unspecified atom stereocenters. The normalized spacial score (nSPS) is 20.1.